The van der Waals surface area contributed by atoms with Crippen molar-refractivity contribution in [3.63, 3.8) is 0 Å². The minimum absolute atomic E-state index is 0.0187. The highest BCUT2D eigenvalue weighted by molar-refractivity contribution is 5.77. The Hall–Kier alpha value is -1.91. The molecule has 5 heteroatoms. The van der Waals surface area contributed by atoms with Gasteiger partial charge in [0.15, 0.2) is 0 Å². The Labute approximate surface area is 136 Å². The van der Waals surface area contributed by atoms with E-state index in [0.29, 0.717) is 19.4 Å². The molecule has 1 aliphatic rings. The highest BCUT2D eigenvalue weighted by Gasteiger charge is 2.27. The number of carboxylic acid groups (broad SMARTS) is 1. The zero-order valence-electron chi connectivity index (χ0n) is 13.5. The summed E-state index contributed by atoms with van der Waals surface area (Å²) < 4.78 is 13.0. The van der Waals surface area contributed by atoms with Gasteiger partial charge >= 0.3 is 5.97 Å². The molecule has 0 spiro atoms. The molecule has 0 aliphatic carbocycles. The summed E-state index contributed by atoms with van der Waals surface area (Å²) >= 11 is 0. The lowest BCUT2D eigenvalue weighted by Gasteiger charge is -2.36. The van der Waals surface area contributed by atoms with Crippen LogP contribution in [0.5, 0.6) is 0 Å². The van der Waals surface area contributed by atoms with E-state index in [4.69, 9.17) is 5.11 Å². The van der Waals surface area contributed by atoms with E-state index in [1.807, 2.05) is 11.8 Å². The van der Waals surface area contributed by atoms with Crippen LogP contribution in [-0.4, -0.2) is 34.5 Å². The largest absolute Gasteiger partial charge is 0.481 e. The van der Waals surface area contributed by atoms with Crippen molar-refractivity contribution in [1.82, 2.24) is 4.90 Å². The number of rotatable bonds is 6. The van der Waals surface area contributed by atoms with Crippen molar-refractivity contribution in [3.05, 3.63) is 35.6 Å². The van der Waals surface area contributed by atoms with Gasteiger partial charge in [-0.1, -0.05) is 19.1 Å². The molecule has 1 amide bonds. The van der Waals surface area contributed by atoms with Gasteiger partial charge in [-0.15, -0.1) is 0 Å². The molecule has 126 valence electrons. The SMILES string of the molecule is CC(CC(=O)N1CCCCC1CCC(=O)O)c1ccc(F)cc1. The van der Waals surface area contributed by atoms with Crippen molar-refractivity contribution in [2.24, 2.45) is 0 Å². The normalized spacial score (nSPS) is 19.4. The molecule has 0 aromatic heterocycles. The number of carbonyl (C=O) groups is 2. The molecule has 2 unspecified atom stereocenters. The summed E-state index contributed by atoms with van der Waals surface area (Å²) in [4.78, 5) is 25.2. The number of halogens is 1. The van der Waals surface area contributed by atoms with Crippen LogP contribution < -0.4 is 0 Å². The third kappa shape index (κ3) is 5.05. The zero-order valence-corrected chi connectivity index (χ0v) is 13.5. The van der Waals surface area contributed by atoms with Crippen LogP contribution in [0, 0.1) is 5.82 Å². The number of likely N-dealkylation sites (tertiary alicyclic amines) is 1. The standard InChI is InChI=1S/C18H24FNO3/c1-13(14-5-7-15(19)8-6-14)12-17(21)20-11-3-2-4-16(20)9-10-18(22)23/h5-8,13,16H,2-4,9-12H2,1H3,(H,22,23). The fourth-order valence-electron chi connectivity index (χ4n) is 3.21. The maximum absolute atomic E-state index is 13.0. The molecule has 4 nitrogen and oxygen atoms in total. The van der Waals surface area contributed by atoms with E-state index >= 15 is 0 Å². The maximum atomic E-state index is 13.0. The van der Waals surface area contributed by atoms with Gasteiger partial charge in [0, 0.05) is 25.4 Å². The van der Waals surface area contributed by atoms with E-state index in [-0.39, 0.29) is 30.1 Å². The number of hydrogen-bond acceptors (Lipinski definition) is 2. The third-order valence-corrected chi connectivity index (χ3v) is 4.56. The van der Waals surface area contributed by atoms with Gasteiger partial charge < -0.3 is 10.0 Å². The summed E-state index contributed by atoms with van der Waals surface area (Å²) in [5.41, 5.74) is 0.943. The first-order valence-corrected chi connectivity index (χ1v) is 8.24. The third-order valence-electron chi connectivity index (χ3n) is 4.56. The summed E-state index contributed by atoms with van der Waals surface area (Å²) in [5, 5.41) is 8.85. The summed E-state index contributed by atoms with van der Waals surface area (Å²) in [5.74, 6) is -1.01. The van der Waals surface area contributed by atoms with Crippen molar-refractivity contribution >= 4 is 11.9 Å². The summed E-state index contributed by atoms with van der Waals surface area (Å²) in [6.07, 6.45) is 3.88. The van der Waals surface area contributed by atoms with E-state index in [2.05, 4.69) is 0 Å². The van der Waals surface area contributed by atoms with Crippen molar-refractivity contribution < 1.29 is 19.1 Å². The number of carboxylic acids is 1. The first kappa shape index (κ1) is 17.4. The van der Waals surface area contributed by atoms with E-state index in [9.17, 15) is 14.0 Å². The van der Waals surface area contributed by atoms with Crippen LogP contribution in [0.3, 0.4) is 0 Å². The lowest BCUT2D eigenvalue weighted by Crippen LogP contribution is -2.44. The molecule has 1 aliphatic heterocycles. The molecular formula is C18H24FNO3. The van der Waals surface area contributed by atoms with E-state index in [0.717, 1.165) is 24.8 Å². The number of hydrogen-bond donors (Lipinski definition) is 1. The number of aliphatic carboxylic acids is 1. The second kappa shape index (κ2) is 8.09. The van der Waals surface area contributed by atoms with Crippen LogP contribution in [-0.2, 0) is 9.59 Å². The first-order chi connectivity index (χ1) is 11.0. The van der Waals surface area contributed by atoms with Gasteiger partial charge in [0.2, 0.25) is 5.91 Å². The number of piperidine rings is 1. The molecule has 2 atom stereocenters. The minimum atomic E-state index is -0.817. The zero-order chi connectivity index (χ0) is 16.8. The van der Waals surface area contributed by atoms with Gasteiger partial charge in [-0.2, -0.15) is 0 Å². The topological polar surface area (TPSA) is 57.6 Å². The van der Waals surface area contributed by atoms with Gasteiger partial charge in [0.05, 0.1) is 0 Å². The Kier molecular flexibility index (Phi) is 6.13. The van der Waals surface area contributed by atoms with Gasteiger partial charge in [0.25, 0.3) is 0 Å². The van der Waals surface area contributed by atoms with Crippen LogP contribution in [0.15, 0.2) is 24.3 Å². The van der Waals surface area contributed by atoms with Crippen LogP contribution in [0.4, 0.5) is 4.39 Å². The number of benzene rings is 1. The Morgan fingerprint density at radius 3 is 2.65 bits per heavy atom. The monoisotopic (exact) mass is 321 g/mol. The average Bonchev–Trinajstić information content (AvgIpc) is 2.53. The highest BCUT2D eigenvalue weighted by Crippen LogP contribution is 2.25. The second-order valence-electron chi connectivity index (χ2n) is 6.33. The summed E-state index contributed by atoms with van der Waals surface area (Å²) in [6.45, 7) is 2.67. The van der Waals surface area contributed by atoms with E-state index < -0.39 is 5.97 Å². The molecule has 1 aromatic rings. The number of nitrogens with zero attached hydrogens (tertiary/aromatic N) is 1. The summed E-state index contributed by atoms with van der Waals surface area (Å²) in [6, 6.07) is 6.28. The Bertz CT molecular complexity index is 544. The van der Waals surface area contributed by atoms with Crippen LogP contribution >= 0.6 is 0 Å². The van der Waals surface area contributed by atoms with Gasteiger partial charge in [-0.25, -0.2) is 4.39 Å². The minimum Gasteiger partial charge on any atom is -0.481 e. The molecule has 1 heterocycles. The van der Waals surface area contributed by atoms with Crippen molar-refractivity contribution in [3.8, 4) is 0 Å². The molecule has 1 aromatic carbocycles. The highest BCUT2D eigenvalue weighted by atomic mass is 19.1. The first-order valence-electron chi connectivity index (χ1n) is 8.24. The lowest BCUT2D eigenvalue weighted by molar-refractivity contribution is -0.140. The molecule has 1 saturated heterocycles. The molecule has 0 radical (unpaired) electrons. The van der Waals surface area contributed by atoms with Crippen molar-refractivity contribution in [1.29, 1.82) is 0 Å². The fourth-order valence-corrected chi connectivity index (χ4v) is 3.21. The molecular weight excluding hydrogens is 297 g/mol. The molecule has 2 rings (SSSR count). The fraction of sp³-hybridized carbons (Fsp3) is 0.556. The second-order valence-corrected chi connectivity index (χ2v) is 6.33. The van der Waals surface area contributed by atoms with E-state index in [1.165, 1.54) is 12.1 Å². The molecule has 0 saturated carbocycles. The van der Waals surface area contributed by atoms with Gasteiger partial charge in [0.1, 0.15) is 5.82 Å². The van der Waals surface area contributed by atoms with Crippen LogP contribution in [0.25, 0.3) is 0 Å². The van der Waals surface area contributed by atoms with Crippen LogP contribution in [0.1, 0.15) is 56.9 Å². The predicted octanol–water partition coefficient (Wildman–Crippen LogP) is 3.57. The molecule has 0 bridgehead atoms. The van der Waals surface area contributed by atoms with Crippen molar-refractivity contribution in [2.75, 3.05) is 6.54 Å². The quantitative estimate of drug-likeness (QED) is 0.871. The Morgan fingerprint density at radius 2 is 2.00 bits per heavy atom. The molecule has 1 fully saturated rings. The smallest absolute Gasteiger partial charge is 0.303 e. The number of amides is 1. The van der Waals surface area contributed by atoms with Gasteiger partial charge in [-0.3, -0.25) is 9.59 Å². The predicted molar refractivity (Wildman–Crippen MR) is 85.7 cm³/mol. The maximum Gasteiger partial charge on any atom is 0.303 e. The van der Waals surface area contributed by atoms with E-state index in [1.54, 1.807) is 12.1 Å². The van der Waals surface area contributed by atoms with Gasteiger partial charge in [-0.05, 0) is 49.3 Å². The van der Waals surface area contributed by atoms with Crippen molar-refractivity contribution in [2.45, 2.75) is 57.4 Å². The lowest BCUT2D eigenvalue weighted by atomic mass is 9.94. The Morgan fingerprint density at radius 1 is 1.30 bits per heavy atom. The van der Waals surface area contributed by atoms with Crippen LogP contribution in [0.2, 0.25) is 0 Å². The number of carbonyl (C=O) groups excluding carboxylic acids is 1. The summed E-state index contributed by atoms with van der Waals surface area (Å²) in [7, 11) is 0. The Balaban J connectivity index is 1.96. The molecule has 1 N–H and O–H groups in total. The molecule has 23 heavy (non-hydrogen) atoms. The average molecular weight is 321 g/mol.